The van der Waals surface area contributed by atoms with Gasteiger partial charge in [0.15, 0.2) is 5.69 Å². The molecule has 1 N–H and O–H groups in total. The molecule has 0 unspecified atom stereocenters. The van der Waals surface area contributed by atoms with Crippen LogP contribution in [0.1, 0.15) is 35.5 Å². The highest BCUT2D eigenvalue weighted by Crippen LogP contribution is 2.35. The van der Waals surface area contributed by atoms with Gasteiger partial charge in [-0.05, 0) is 55.8 Å². The zero-order chi connectivity index (χ0) is 21.7. The van der Waals surface area contributed by atoms with Gasteiger partial charge in [-0.1, -0.05) is 54.6 Å². The van der Waals surface area contributed by atoms with E-state index in [2.05, 4.69) is 43.6 Å². The van der Waals surface area contributed by atoms with Crippen LogP contribution in [0.25, 0.3) is 4.85 Å². The van der Waals surface area contributed by atoms with E-state index >= 15 is 0 Å². The molecule has 0 saturated carbocycles. The summed E-state index contributed by atoms with van der Waals surface area (Å²) in [5, 5.41) is 10.2. The Kier molecular flexibility index (Phi) is 6.50. The van der Waals surface area contributed by atoms with Gasteiger partial charge in [-0.15, -0.1) is 0 Å². The summed E-state index contributed by atoms with van der Waals surface area (Å²) in [7, 11) is 0. The van der Waals surface area contributed by atoms with Crippen LogP contribution < -0.4 is 0 Å². The second kappa shape index (κ2) is 9.47. The molecule has 1 saturated heterocycles. The van der Waals surface area contributed by atoms with E-state index in [0.29, 0.717) is 5.69 Å². The molecule has 5 heteroatoms. The van der Waals surface area contributed by atoms with E-state index in [1.165, 1.54) is 16.8 Å². The van der Waals surface area contributed by atoms with Crippen LogP contribution in [0.15, 0.2) is 60.8 Å². The van der Waals surface area contributed by atoms with Crippen molar-refractivity contribution in [3.05, 3.63) is 94.9 Å². The highest BCUT2D eigenvalue weighted by atomic mass is 16.3. The van der Waals surface area contributed by atoms with E-state index < -0.39 is 0 Å². The van der Waals surface area contributed by atoms with Gasteiger partial charge in [0.1, 0.15) is 5.82 Å². The molecule has 2 heterocycles. The lowest BCUT2D eigenvalue weighted by Gasteiger charge is -2.41. The Balaban J connectivity index is 1.40. The molecular formula is C26H30N4O. The Morgan fingerprint density at radius 3 is 2.35 bits per heavy atom. The van der Waals surface area contributed by atoms with E-state index in [9.17, 15) is 5.11 Å². The SMILES string of the molecule is [C-]#[N+]c1ccc(Cn2c(CN3CCC(CO)(Cc4ccccc4)CC3)cnc2C)cc1. The minimum Gasteiger partial charge on any atom is -0.396 e. The Labute approximate surface area is 184 Å². The van der Waals surface area contributed by atoms with Crippen molar-refractivity contribution in [1.29, 1.82) is 0 Å². The maximum Gasteiger partial charge on any atom is 0.187 e. The van der Waals surface area contributed by atoms with Crippen LogP contribution in [-0.2, 0) is 19.5 Å². The fourth-order valence-electron chi connectivity index (χ4n) is 4.55. The molecule has 31 heavy (non-hydrogen) atoms. The summed E-state index contributed by atoms with van der Waals surface area (Å²) >= 11 is 0. The van der Waals surface area contributed by atoms with Crippen LogP contribution in [0.5, 0.6) is 0 Å². The number of aliphatic hydroxyl groups excluding tert-OH is 1. The number of likely N-dealkylation sites (tertiary alicyclic amines) is 1. The van der Waals surface area contributed by atoms with Gasteiger partial charge in [-0.3, -0.25) is 4.90 Å². The Bertz CT molecular complexity index is 1030. The van der Waals surface area contributed by atoms with Crippen LogP contribution in [0.2, 0.25) is 0 Å². The van der Waals surface area contributed by atoms with Crippen LogP contribution in [0, 0.1) is 18.9 Å². The van der Waals surface area contributed by atoms with Crippen molar-refractivity contribution in [2.24, 2.45) is 5.41 Å². The van der Waals surface area contributed by atoms with Gasteiger partial charge >= 0.3 is 0 Å². The number of imidazole rings is 1. The van der Waals surface area contributed by atoms with Crippen molar-refractivity contribution in [2.45, 2.75) is 39.3 Å². The molecule has 2 aromatic carbocycles. The molecule has 0 aliphatic carbocycles. The fourth-order valence-corrected chi connectivity index (χ4v) is 4.55. The first-order valence-corrected chi connectivity index (χ1v) is 11.0. The van der Waals surface area contributed by atoms with E-state index in [1.54, 1.807) is 0 Å². The first-order valence-electron chi connectivity index (χ1n) is 11.0. The minimum absolute atomic E-state index is 0.0152. The standard InChI is InChI=1S/C26H30N4O/c1-21-28-17-25(30(21)18-23-8-10-24(27-2)11-9-23)19-29-14-12-26(20-31,13-15-29)16-22-6-4-3-5-7-22/h3-11,17,31H,12-16,18-20H2,1H3. The quantitative estimate of drug-likeness (QED) is 0.575. The van der Waals surface area contributed by atoms with Gasteiger partial charge in [0, 0.05) is 25.9 Å². The van der Waals surface area contributed by atoms with E-state index in [-0.39, 0.29) is 12.0 Å². The number of aromatic nitrogens is 2. The normalized spacial score (nSPS) is 16.2. The van der Waals surface area contributed by atoms with Gasteiger partial charge in [0.25, 0.3) is 0 Å². The highest BCUT2D eigenvalue weighted by Gasteiger charge is 2.34. The summed E-state index contributed by atoms with van der Waals surface area (Å²) in [6.45, 7) is 13.0. The summed E-state index contributed by atoms with van der Waals surface area (Å²) in [5.74, 6) is 1.01. The number of aryl methyl sites for hydroxylation is 1. The summed E-state index contributed by atoms with van der Waals surface area (Å²) in [6.07, 6.45) is 4.93. The van der Waals surface area contributed by atoms with Crippen LogP contribution >= 0.6 is 0 Å². The second-order valence-corrected chi connectivity index (χ2v) is 8.76. The van der Waals surface area contributed by atoms with Crippen LogP contribution in [-0.4, -0.2) is 39.3 Å². The number of benzene rings is 2. The van der Waals surface area contributed by atoms with Crippen molar-refractivity contribution in [1.82, 2.24) is 14.5 Å². The van der Waals surface area contributed by atoms with Gasteiger partial charge in [0.05, 0.1) is 12.3 Å². The number of rotatable bonds is 7. The van der Waals surface area contributed by atoms with Crippen molar-refractivity contribution in [2.75, 3.05) is 19.7 Å². The average Bonchev–Trinajstić information content (AvgIpc) is 3.15. The Morgan fingerprint density at radius 2 is 1.71 bits per heavy atom. The van der Waals surface area contributed by atoms with Crippen LogP contribution in [0.4, 0.5) is 5.69 Å². The molecule has 1 aliphatic rings. The topological polar surface area (TPSA) is 45.6 Å². The van der Waals surface area contributed by atoms with E-state index in [4.69, 9.17) is 6.57 Å². The maximum absolute atomic E-state index is 10.2. The monoisotopic (exact) mass is 414 g/mol. The molecular weight excluding hydrogens is 384 g/mol. The molecule has 4 rings (SSSR count). The van der Waals surface area contributed by atoms with Gasteiger partial charge in [-0.25, -0.2) is 9.83 Å². The Morgan fingerprint density at radius 1 is 1.00 bits per heavy atom. The lowest BCUT2D eigenvalue weighted by molar-refractivity contribution is 0.0406. The Hall–Kier alpha value is -2.94. The summed E-state index contributed by atoms with van der Waals surface area (Å²) in [5.41, 5.74) is 4.35. The second-order valence-electron chi connectivity index (χ2n) is 8.76. The van der Waals surface area contributed by atoms with Crippen LogP contribution in [0.3, 0.4) is 0 Å². The fraction of sp³-hybridized carbons (Fsp3) is 0.385. The number of piperidine rings is 1. The summed E-state index contributed by atoms with van der Waals surface area (Å²) in [6, 6.07) is 18.3. The number of hydrogen-bond donors (Lipinski definition) is 1. The van der Waals surface area contributed by atoms with E-state index in [0.717, 1.165) is 51.3 Å². The third-order valence-electron chi connectivity index (χ3n) is 6.60. The highest BCUT2D eigenvalue weighted by molar-refractivity contribution is 5.45. The first-order chi connectivity index (χ1) is 15.1. The molecule has 3 aromatic rings. The predicted molar refractivity (Wildman–Crippen MR) is 123 cm³/mol. The zero-order valence-corrected chi connectivity index (χ0v) is 18.2. The lowest BCUT2D eigenvalue weighted by Crippen LogP contribution is -2.43. The molecule has 0 amide bonds. The maximum atomic E-state index is 10.2. The summed E-state index contributed by atoms with van der Waals surface area (Å²) < 4.78 is 2.27. The smallest absolute Gasteiger partial charge is 0.187 e. The van der Waals surface area contributed by atoms with Gasteiger partial charge < -0.3 is 9.67 Å². The van der Waals surface area contributed by atoms with Crippen molar-refractivity contribution in [3.63, 3.8) is 0 Å². The lowest BCUT2D eigenvalue weighted by atomic mass is 9.74. The van der Waals surface area contributed by atoms with Crippen molar-refractivity contribution >= 4 is 5.69 Å². The molecule has 0 atom stereocenters. The molecule has 0 bridgehead atoms. The number of nitrogens with zero attached hydrogens (tertiary/aromatic N) is 4. The van der Waals surface area contributed by atoms with Gasteiger partial charge in [-0.2, -0.15) is 0 Å². The summed E-state index contributed by atoms with van der Waals surface area (Å²) in [4.78, 5) is 10.5. The molecule has 1 aromatic heterocycles. The number of hydrogen-bond acceptors (Lipinski definition) is 3. The molecule has 160 valence electrons. The molecule has 1 fully saturated rings. The first kappa shape index (κ1) is 21.3. The zero-order valence-electron chi connectivity index (χ0n) is 18.2. The largest absolute Gasteiger partial charge is 0.396 e. The van der Waals surface area contributed by atoms with Crippen molar-refractivity contribution < 1.29 is 5.11 Å². The van der Waals surface area contributed by atoms with E-state index in [1.807, 2.05) is 43.5 Å². The minimum atomic E-state index is -0.0152. The van der Waals surface area contributed by atoms with Gasteiger partial charge in [0.2, 0.25) is 0 Å². The molecule has 0 radical (unpaired) electrons. The molecule has 1 aliphatic heterocycles. The molecule has 5 nitrogen and oxygen atoms in total. The predicted octanol–water partition coefficient (Wildman–Crippen LogP) is 4.61. The average molecular weight is 415 g/mol. The third-order valence-corrected chi connectivity index (χ3v) is 6.60. The molecule has 0 spiro atoms. The number of aliphatic hydroxyl groups is 1. The third kappa shape index (κ3) is 5.04. The van der Waals surface area contributed by atoms with Crippen molar-refractivity contribution in [3.8, 4) is 0 Å².